The smallest absolute Gasteiger partial charge is 0.249 e. The zero-order valence-corrected chi connectivity index (χ0v) is 19.0. The lowest BCUT2D eigenvalue weighted by Gasteiger charge is -2.22. The van der Waals surface area contributed by atoms with E-state index in [1.807, 2.05) is 47.9 Å². The lowest BCUT2D eigenvalue weighted by Crippen LogP contribution is -2.21. The second-order valence-corrected chi connectivity index (χ2v) is 8.62. The Morgan fingerprint density at radius 1 is 1.09 bits per heavy atom. The Bertz CT molecular complexity index is 1330. The van der Waals surface area contributed by atoms with Crippen molar-refractivity contribution in [3.05, 3.63) is 77.0 Å². The van der Waals surface area contributed by atoms with Gasteiger partial charge in [0.25, 0.3) is 0 Å². The van der Waals surface area contributed by atoms with E-state index < -0.39 is 5.91 Å². The van der Waals surface area contributed by atoms with Crippen LogP contribution in [0, 0.1) is 6.92 Å². The van der Waals surface area contributed by atoms with Crippen LogP contribution in [0.1, 0.15) is 40.0 Å². The molecule has 1 aliphatic rings. The molecule has 0 spiro atoms. The van der Waals surface area contributed by atoms with E-state index in [1.165, 1.54) is 5.56 Å². The maximum atomic E-state index is 12.0. The Morgan fingerprint density at radius 3 is 2.70 bits per heavy atom. The van der Waals surface area contributed by atoms with E-state index in [9.17, 15) is 4.79 Å². The van der Waals surface area contributed by atoms with Gasteiger partial charge in [-0.15, -0.1) is 0 Å². The number of hydrogen-bond donors (Lipinski definition) is 2. The van der Waals surface area contributed by atoms with Gasteiger partial charge >= 0.3 is 0 Å². The SMILES string of the molecule is Cc1cc2c(C(N)=O)cccc2n1-c1nc(NCc2ccccc2)c2c(n1)N(C)CCCC2. The molecule has 7 heteroatoms. The zero-order chi connectivity index (χ0) is 22.9. The molecule has 3 heterocycles. The molecule has 0 bridgehead atoms. The number of amides is 1. The average Bonchev–Trinajstić information content (AvgIpc) is 3.04. The van der Waals surface area contributed by atoms with Gasteiger partial charge in [-0.1, -0.05) is 36.4 Å². The van der Waals surface area contributed by atoms with Crippen LogP contribution in [0.4, 0.5) is 11.6 Å². The summed E-state index contributed by atoms with van der Waals surface area (Å²) in [6.07, 6.45) is 3.16. The molecule has 3 N–H and O–H groups in total. The highest BCUT2D eigenvalue weighted by Crippen LogP contribution is 2.32. The van der Waals surface area contributed by atoms with Gasteiger partial charge in [0, 0.05) is 42.3 Å². The third-order valence-corrected chi connectivity index (χ3v) is 6.30. The summed E-state index contributed by atoms with van der Waals surface area (Å²) in [4.78, 5) is 24.2. The molecule has 0 fully saturated rings. The van der Waals surface area contributed by atoms with Crippen LogP contribution in [0.3, 0.4) is 0 Å². The highest BCUT2D eigenvalue weighted by molar-refractivity contribution is 6.06. The molecule has 0 atom stereocenters. The summed E-state index contributed by atoms with van der Waals surface area (Å²) in [6, 6.07) is 17.9. The summed E-state index contributed by atoms with van der Waals surface area (Å²) in [5, 5.41) is 4.38. The molecule has 4 aromatic rings. The van der Waals surface area contributed by atoms with E-state index in [0.29, 0.717) is 18.1 Å². The maximum absolute atomic E-state index is 12.0. The van der Waals surface area contributed by atoms with E-state index in [4.69, 9.17) is 15.7 Å². The summed E-state index contributed by atoms with van der Waals surface area (Å²) in [5.74, 6) is 1.97. The van der Waals surface area contributed by atoms with Crippen LogP contribution in [0.2, 0.25) is 0 Å². The molecule has 1 amide bonds. The fourth-order valence-electron chi connectivity index (χ4n) is 4.63. The van der Waals surface area contributed by atoms with Gasteiger partial charge < -0.3 is 16.0 Å². The molecular weight excluding hydrogens is 412 g/mol. The van der Waals surface area contributed by atoms with Crippen molar-refractivity contribution in [1.82, 2.24) is 14.5 Å². The Hall–Kier alpha value is -3.87. The van der Waals surface area contributed by atoms with Crippen molar-refractivity contribution >= 4 is 28.4 Å². The van der Waals surface area contributed by atoms with Crippen LogP contribution in [-0.4, -0.2) is 34.0 Å². The van der Waals surface area contributed by atoms with Crippen molar-refractivity contribution in [2.24, 2.45) is 5.73 Å². The lowest BCUT2D eigenvalue weighted by molar-refractivity contribution is 0.100. The van der Waals surface area contributed by atoms with Gasteiger partial charge in [-0.05, 0) is 49.9 Å². The van der Waals surface area contributed by atoms with Gasteiger partial charge in [0.15, 0.2) is 0 Å². The van der Waals surface area contributed by atoms with Crippen molar-refractivity contribution in [2.75, 3.05) is 23.8 Å². The number of aromatic nitrogens is 3. The third kappa shape index (κ3) is 3.91. The van der Waals surface area contributed by atoms with Gasteiger partial charge in [0.1, 0.15) is 11.6 Å². The van der Waals surface area contributed by atoms with Crippen molar-refractivity contribution in [1.29, 1.82) is 0 Å². The number of carbonyl (C=O) groups excluding carboxylic acids is 1. The van der Waals surface area contributed by atoms with Crippen LogP contribution in [0.15, 0.2) is 54.6 Å². The van der Waals surface area contributed by atoms with Crippen LogP contribution in [0.5, 0.6) is 0 Å². The quantitative estimate of drug-likeness (QED) is 0.485. The fourth-order valence-corrected chi connectivity index (χ4v) is 4.63. The molecule has 2 aromatic carbocycles. The normalized spacial score (nSPS) is 13.6. The molecule has 0 saturated heterocycles. The van der Waals surface area contributed by atoms with Crippen molar-refractivity contribution in [2.45, 2.75) is 32.7 Å². The first kappa shape index (κ1) is 21.0. The van der Waals surface area contributed by atoms with E-state index in [1.54, 1.807) is 6.07 Å². The van der Waals surface area contributed by atoms with Gasteiger partial charge in [0.05, 0.1) is 5.52 Å². The molecule has 2 aromatic heterocycles. The van der Waals surface area contributed by atoms with Crippen LogP contribution in [-0.2, 0) is 13.0 Å². The van der Waals surface area contributed by atoms with Crippen LogP contribution in [0.25, 0.3) is 16.9 Å². The fraction of sp³-hybridized carbons (Fsp3) is 0.269. The number of fused-ring (bicyclic) bond motifs is 2. The van der Waals surface area contributed by atoms with Crippen molar-refractivity contribution in [3.63, 3.8) is 0 Å². The molecule has 0 aliphatic carbocycles. The summed E-state index contributed by atoms with van der Waals surface area (Å²) in [6.45, 7) is 3.64. The van der Waals surface area contributed by atoms with E-state index in [0.717, 1.165) is 59.6 Å². The first-order chi connectivity index (χ1) is 16.0. The zero-order valence-electron chi connectivity index (χ0n) is 19.0. The highest BCUT2D eigenvalue weighted by atomic mass is 16.1. The molecule has 168 valence electrons. The number of aryl methyl sites for hydroxylation is 1. The van der Waals surface area contributed by atoms with Crippen molar-refractivity contribution in [3.8, 4) is 5.95 Å². The molecular formula is C26H28N6O. The molecule has 7 nitrogen and oxygen atoms in total. The first-order valence-electron chi connectivity index (χ1n) is 11.3. The number of nitrogens with zero attached hydrogens (tertiary/aromatic N) is 4. The number of anilines is 2. The predicted octanol–water partition coefficient (Wildman–Crippen LogP) is 4.21. The first-order valence-corrected chi connectivity index (χ1v) is 11.3. The summed E-state index contributed by atoms with van der Waals surface area (Å²) < 4.78 is 2.01. The number of nitrogens with two attached hydrogens (primary N) is 1. The number of carbonyl (C=O) groups is 1. The Morgan fingerprint density at radius 2 is 1.91 bits per heavy atom. The van der Waals surface area contributed by atoms with E-state index in [2.05, 4.69) is 29.4 Å². The molecule has 1 aliphatic heterocycles. The predicted molar refractivity (Wildman–Crippen MR) is 132 cm³/mol. The molecule has 0 saturated carbocycles. The molecule has 33 heavy (non-hydrogen) atoms. The number of benzene rings is 2. The summed E-state index contributed by atoms with van der Waals surface area (Å²) in [7, 11) is 2.09. The number of nitrogens with one attached hydrogen (secondary N) is 1. The number of primary amides is 1. The molecule has 0 unspecified atom stereocenters. The molecule has 5 rings (SSSR count). The van der Waals surface area contributed by atoms with Crippen LogP contribution < -0.4 is 16.0 Å². The van der Waals surface area contributed by atoms with Gasteiger partial charge in [0.2, 0.25) is 11.9 Å². The van der Waals surface area contributed by atoms with Gasteiger partial charge in [-0.25, -0.2) is 0 Å². The third-order valence-electron chi connectivity index (χ3n) is 6.30. The number of hydrogen-bond acceptors (Lipinski definition) is 5. The minimum atomic E-state index is -0.439. The second-order valence-electron chi connectivity index (χ2n) is 8.62. The molecule has 0 radical (unpaired) electrons. The largest absolute Gasteiger partial charge is 0.366 e. The van der Waals surface area contributed by atoms with Crippen LogP contribution >= 0.6 is 0 Å². The topological polar surface area (TPSA) is 89.1 Å². The van der Waals surface area contributed by atoms with Gasteiger partial charge in [-0.3, -0.25) is 9.36 Å². The lowest BCUT2D eigenvalue weighted by atomic mass is 10.1. The standard InChI is InChI=1S/C26H28N6O/c1-17-15-21-19(23(27)33)12-8-13-22(21)32(17)26-29-24(28-16-18-9-4-3-5-10-18)20-11-6-7-14-31(2)25(20)30-26/h3-5,8-10,12-13,15H,6-7,11,14,16H2,1-2H3,(H2,27,33)(H,28,29,30). The maximum Gasteiger partial charge on any atom is 0.249 e. The Labute approximate surface area is 193 Å². The van der Waals surface area contributed by atoms with Gasteiger partial charge in [-0.2, -0.15) is 9.97 Å². The van der Waals surface area contributed by atoms with E-state index in [-0.39, 0.29) is 0 Å². The Kier molecular flexibility index (Phi) is 5.46. The second kappa shape index (κ2) is 8.58. The highest BCUT2D eigenvalue weighted by Gasteiger charge is 2.22. The summed E-state index contributed by atoms with van der Waals surface area (Å²) in [5.41, 5.74) is 10.3. The average molecular weight is 441 g/mol. The Balaban J connectivity index is 1.66. The monoisotopic (exact) mass is 440 g/mol. The number of rotatable bonds is 5. The van der Waals surface area contributed by atoms with Crippen molar-refractivity contribution < 1.29 is 4.79 Å². The minimum Gasteiger partial charge on any atom is -0.366 e. The van der Waals surface area contributed by atoms with E-state index >= 15 is 0 Å². The minimum absolute atomic E-state index is 0.439. The summed E-state index contributed by atoms with van der Waals surface area (Å²) >= 11 is 0.